The molecule has 0 saturated heterocycles. The van der Waals surface area contributed by atoms with Crippen molar-refractivity contribution in [2.45, 2.75) is 26.8 Å². The van der Waals surface area contributed by atoms with Crippen molar-refractivity contribution in [3.63, 3.8) is 0 Å². The molecule has 0 aliphatic rings. The summed E-state index contributed by atoms with van der Waals surface area (Å²) >= 11 is 0. The molecule has 0 saturated carbocycles. The number of likely N-dealkylation sites (N-methyl/N-ethyl adjacent to an activating group) is 1. The largest absolute Gasteiger partial charge is 0.391 e. The van der Waals surface area contributed by atoms with E-state index in [1.165, 1.54) is 0 Å². The zero-order valence-corrected chi connectivity index (χ0v) is 7.36. The van der Waals surface area contributed by atoms with Crippen LogP contribution in [0.1, 0.15) is 20.8 Å². The minimum atomic E-state index is 0.0255. The second-order valence-electron chi connectivity index (χ2n) is 3.62. The van der Waals surface area contributed by atoms with E-state index in [4.69, 9.17) is 5.73 Å². The zero-order chi connectivity index (χ0) is 8.36. The summed E-state index contributed by atoms with van der Waals surface area (Å²) < 4.78 is 0. The molecule has 0 amide bonds. The van der Waals surface area contributed by atoms with E-state index in [9.17, 15) is 0 Å². The summed E-state index contributed by atoms with van der Waals surface area (Å²) in [6, 6.07) is 0.0255. The van der Waals surface area contributed by atoms with Crippen molar-refractivity contribution in [1.82, 2.24) is 5.32 Å². The van der Waals surface area contributed by atoms with Gasteiger partial charge in [0.1, 0.15) is 0 Å². The Balaban J connectivity index is 4.08. The van der Waals surface area contributed by atoms with Gasteiger partial charge in [-0.2, -0.15) is 0 Å². The van der Waals surface area contributed by atoms with Crippen LogP contribution in [0, 0.1) is 5.41 Å². The Kier molecular flexibility index (Phi) is 2.91. The first-order valence-electron chi connectivity index (χ1n) is 3.51. The van der Waals surface area contributed by atoms with Crippen molar-refractivity contribution in [2.24, 2.45) is 11.1 Å². The van der Waals surface area contributed by atoms with E-state index in [-0.39, 0.29) is 11.5 Å². The molecule has 2 heteroatoms. The summed E-state index contributed by atoms with van der Waals surface area (Å²) in [4.78, 5) is 0. The average Bonchev–Trinajstić information content (AvgIpc) is 1.83. The van der Waals surface area contributed by atoms with E-state index in [1.807, 2.05) is 7.05 Å². The fourth-order valence-electron chi connectivity index (χ4n) is 0.678. The van der Waals surface area contributed by atoms with Gasteiger partial charge in [-0.1, -0.05) is 27.4 Å². The molecule has 0 spiro atoms. The maximum atomic E-state index is 5.84. The molecule has 0 aliphatic carbocycles. The third kappa shape index (κ3) is 2.40. The number of nitrogens with two attached hydrogens (primary N) is 1. The lowest BCUT2D eigenvalue weighted by Crippen LogP contribution is -2.40. The second-order valence-corrected chi connectivity index (χ2v) is 3.62. The van der Waals surface area contributed by atoms with Crippen LogP contribution < -0.4 is 11.1 Å². The number of hydrogen-bond donors (Lipinski definition) is 2. The molecule has 0 aromatic rings. The quantitative estimate of drug-likeness (QED) is 0.605. The van der Waals surface area contributed by atoms with Gasteiger partial charge in [-0.15, -0.1) is 0 Å². The predicted molar refractivity (Wildman–Crippen MR) is 45.6 cm³/mol. The van der Waals surface area contributed by atoms with Gasteiger partial charge >= 0.3 is 0 Å². The molecule has 10 heavy (non-hydrogen) atoms. The normalized spacial score (nSPS) is 14.5. The van der Waals surface area contributed by atoms with Crippen LogP contribution in [0.15, 0.2) is 12.3 Å². The standard InChI is InChI=1S/C8H18N2/c1-6(10-5)7(9)8(2,3)4/h7,10H,1,9H2,2-5H3/t7-/m0/s1. The number of nitrogens with one attached hydrogen (secondary N) is 1. The average molecular weight is 142 g/mol. The van der Waals surface area contributed by atoms with Crippen molar-refractivity contribution < 1.29 is 0 Å². The first-order valence-corrected chi connectivity index (χ1v) is 3.51. The van der Waals surface area contributed by atoms with Crippen molar-refractivity contribution in [2.75, 3.05) is 7.05 Å². The Bertz CT molecular complexity index is 122. The maximum Gasteiger partial charge on any atom is 0.0487 e. The molecule has 0 aromatic heterocycles. The van der Waals surface area contributed by atoms with E-state index < -0.39 is 0 Å². The molecule has 0 aromatic carbocycles. The molecular weight excluding hydrogens is 124 g/mol. The summed E-state index contributed by atoms with van der Waals surface area (Å²) in [6.45, 7) is 10.1. The van der Waals surface area contributed by atoms with Crippen LogP contribution in [0.2, 0.25) is 0 Å². The van der Waals surface area contributed by atoms with Gasteiger partial charge in [0.25, 0.3) is 0 Å². The molecule has 3 N–H and O–H groups in total. The van der Waals surface area contributed by atoms with Gasteiger partial charge in [0.2, 0.25) is 0 Å². The molecule has 0 heterocycles. The van der Waals surface area contributed by atoms with Crippen molar-refractivity contribution in [3.05, 3.63) is 12.3 Å². The number of rotatable bonds is 2. The Labute approximate surface area is 63.5 Å². The molecule has 0 unspecified atom stereocenters. The smallest absolute Gasteiger partial charge is 0.0487 e. The highest BCUT2D eigenvalue weighted by Gasteiger charge is 2.22. The maximum absolute atomic E-state index is 5.84. The first kappa shape index (κ1) is 9.50. The predicted octanol–water partition coefficient (Wildman–Crippen LogP) is 1.09. The molecule has 0 bridgehead atoms. The fraction of sp³-hybridized carbons (Fsp3) is 0.750. The molecule has 1 atom stereocenters. The van der Waals surface area contributed by atoms with Gasteiger partial charge in [-0.05, 0) is 5.41 Å². The molecule has 60 valence electrons. The topological polar surface area (TPSA) is 38.0 Å². The fourth-order valence-corrected chi connectivity index (χ4v) is 0.678. The third-order valence-corrected chi connectivity index (χ3v) is 1.63. The van der Waals surface area contributed by atoms with Gasteiger partial charge in [-0.3, -0.25) is 0 Å². The molecule has 0 rings (SSSR count). The molecular formula is C8H18N2. The monoisotopic (exact) mass is 142 g/mol. The molecule has 0 radical (unpaired) electrons. The highest BCUT2D eigenvalue weighted by atomic mass is 14.9. The molecule has 0 aliphatic heterocycles. The summed E-state index contributed by atoms with van der Waals surface area (Å²) in [6.07, 6.45) is 0. The lowest BCUT2D eigenvalue weighted by atomic mass is 9.86. The van der Waals surface area contributed by atoms with E-state index in [2.05, 4.69) is 32.7 Å². The second kappa shape index (κ2) is 3.06. The zero-order valence-electron chi connectivity index (χ0n) is 7.36. The van der Waals surface area contributed by atoms with Crippen molar-refractivity contribution in [3.8, 4) is 0 Å². The Morgan fingerprint density at radius 3 is 2.00 bits per heavy atom. The SMILES string of the molecule is C=C(NC)[C@H](N)C(C)(C)C. The van der Waals surface area contributed by atoms with Crippen LogP contribution in [-0.4, -0.2) is 13.1 Å². The van der Waals surface area contributed by atoms with E-state index in [1.54, 1.807) is 0 Å². The van der Waals surface area contributed by atoms with Gasteiger partial charge in [0.05, 0.1) is 0 Å². The molecule has 0 fully saturated rings. The van der Waals surface area contributed by atoms with Gasteiger partial charge in [-0.25, -0.2) is 0 Å². The minimum absolute atomic E-state index is 0.0255. The minimum Gasteiger partial charge on any atom is -0.391 e. The van der Waals surface area contributed by atoms with Crippen molar-refractivity contribution >= 4 is 0 Å². The van der Waals surface area contributed by atoms with Gasteiger partial charge < -0.3 is 11.1 Å². The van der Waals surface area contributed by atoms with E-state index >= 15 is 0 Å². The third-order valence-electron chi connectivity index (χ3n) is 1.63. The summed E-state index contributed by atoms with van der Waals surface area (Å²) in [7, 11) is 1.84. The number of hydrogen-bond acceptors (Lipinski definition) is 2. The lowest BCUT2D eigenvalue weighted by Gasteiger charge is -2.28. The van der Waals surface area contributed by atoms with Crippen LogP contribution in [0.4, 0.5) is 0 Å². The van der Waals surface area contributed by atoms with Crippen LogP contribution in [0.5, 0.6) is 0 Å². The van der Waals surface area contributed by atoms with E-state index in [0.29, 0.717) is 0 Å². The Morgan fingerprint density at radius 1 is 1.50 bits per heavy atom. The van der Waals surface area contributed by atoms with Crippen LogP contribution in [0.3, 0.4) is 0 Å². The Hall–Kier alpha value is -0.500. The van der Waals surface area contributed by atoms with Gasteiger partial charge in [0.15, 0.2) is 0 Å². The van der Waals surface area contributed by atoms with Gasteiger partial charge in [0, 0.05) is 18.8 Å². The summed E-state index contributed by atoms with van der Waals surface area (Å²) in [5.74, 6) is 0. The lowest BCUT2D eigenvalue weighted by molar-refractivity contribution is 0.346. The first-order chi connectivity index (χ1) is 4.39. The van der Waals surface area contributed by atoms with E-state index in [0.717, 1.165) is 5.70 Å². The summed E-state index contributed by atoms with van der Waals surface area (Å²) in [5.41, 5.74) is 6.84. The van der Waals surface area contributed by atoms with Crippen molar-refractivity contribution in [1.29, 1.82) is 0 Å². The van der Waals surface area contributed by atoms with Crippen LogP contribution in [-0.2, 0) is 0 Å². The highest BCUT2D eigenvalue weighted by molar-refractivity contribution is 5.05. The Morgan fingerprint density at radius 2 is 1.90 bits per heavy atom. The van der Waals surface area contributed by atoms with Crippen LogP contribution >= 0.6 is 0 Å². The molecule has 2 nitrogen and oxygen atoms in total. The summed E-state index contributed by atoms with van der Waals surface area (Å²) in [5, 5.41) is 2.95. The highest BCUT2D eigenvalue weighted by Crippen LogP contribution is 2.20. The van der Waals surface area contributed by atoms with Crippen LogP contribution in [0.25, 0.3) is 0 Å².